The lowest BCUT2D eigenvalue weighted by Gasteiger charge is -2.10. The molecule has 0 bridgehead atoms. The number of nitriles is 1. The normalized spacial score (nSPS) is 10.8. The molecule has 7 nitrogen and oxygen atoms in total. The summed E-state index contributed by atoms with van der Waals surface area (Å²) in [5, 5.41) is 23.1. The van der Waals surface area contributed by atoms with Crippen LogP contribution in [0, 0.1) is 31.9 Å². The quantitative estimate of drug-likeness (QED) is 0.138. The molecule has 0 atom stereocenters. The van der Waals surface area contributed by atoms with Crippen molar-refractivity contribution in [2.75, 3.05) is 5.32 Å². The van der Waals surface area contributed by atoms with Gasteiger partial charge in [0.1, 0.15) is 24.0 Å². The minimum atomic E-state index is -0.484. The van der Waals surface area contributed by atoms with Gasteiger partial charge in [-0.25, -0.2) is 0 Å². The van der Waals surface area contributed by atoms with Crippen molar-refractivity contribution in [2.24, 2.45) is 0 Å². The first-order chi connectivity index (χ1) is 15.4. The second-order valence-corrected chi connectivity index (χ2v) is 8.01. The number of nitrogens with zero attached hydrogens (tertiary/aromatic N) is 2. The van der Waals surface area contributed by atoms with Crippen molar-refractivity contribution in [3.05, 3.63) is 103 Å². The summed E-state index contributed by atoms with van der Waals surface area (Å²) in [6.45, 7) is 2.05. The number of non-ortho nitro benzene ring substituents is 1. The first-order valence-electron chi connectivity index (χ1n) is 9.52. The highest BCUT2D eigenvalue weighted by Gasteiger charge is 2.12. The highest BCUT2D eigenvalue weighted by atomic mass is 127. The van der Waals surface area contributed by atoms with E-state index in [0.717, 1.165) is 9.13 Å². The van der Waals surface area contributed by atoms with Gasteiger partial charge in [0.2, 0.25) is 0 Å². The van der Waals surface area contributed by atoms with Gasteiger partial charge in [0.05, 0.1) is 8.49 Å². The molecule has 0 aliphatic heterocycles. The zero-order valence-electron chi connectivity index (χ0n) is 17.0. The van der Waals surface area contributed by atoms with Crippen molar-refractivity contribution in [2.45, 2.75) is 13.5 Å². The number of anilines is 1. The second kappa shape index (κ2) is 10.5. The van der Waals surface area contributed by atoms with Crippen molar-refractivity contribution >= 4 is 45.9 Å². The summed E-state index contributed by atoms with van der Waals surface area (Å²) >= 11 is 2.10. The highest BCUT2D eigenvalue weighted by Crippen LogP contribution is 2.25. The molecule has 0 aliphatic rings. The first-order valence-corrected chi connectivity index (χ1v) is 10.6. The molecule has 8 heteroatoms. The Balaban J connectivity index is 1.72. The molecule has 0 saturated heterocycles. The molecule has 0 heterocycles. The SMILES string of the molecule is Cc1ccccc1NC(=O)/C(C#N)=C\c1ccc(OCc2cccc([N+](=O)[O-])c2)c(I)c1. The van der Waals surface area contributed by atoms with E-state index in [1.165, 1.54) is 18.2 Å². The number of benzene rings is 3. The van der Waals surface area contributed by atoms with Crippen LogP contribution in [0.4, 0.5) is 11.4 Å². The molecular formula is C24H18IN3O4. The zero-order chi connectivity index (χ0) is 23.1. The summed E-state index contributed by atoms with van der Waals surface area (Å²) in [7, 11) is 0. The van der Waals surface area contributed by atoms with Crippen molar-refractivity contribution in [3.8, 4) is 11.8 Å². The topological polar surface area (TPSA) is 105 Å². The van der Waals surface area contributed by atoms with E-state index in [1.54, 1.807) is 36.4 Å². The molecule has 0 saturated carbocycles. The fraction of sp³-hybridized carbons (Fsp3) is 0.0833. The van der Waals surface area contributed by atoms with Gasteiger partial charge in [-0.15, -0.1) is 0 Å². The largest absolute Gasteiger partial charge is 0.488 e. The monoisotopic (exact) mass is 539 g/mol. The lowest BCUT2D eigenvalue weighted by atomic mass is 10.1. The van der Waals surface area contributed by atoms with Crippen LogP contribution in [0.25, 0.3) is 6.08 Å². The molecular weight excluding hydrogens is 521 g/mol. The third-order valence-corrected chi connectivity index (χ3v) is 5.38. The molecule has 0 aromatic heterocycles. The second-order valence-electron chi connectivity index (χ2n) is 6.84. The maximum Gasteiger partial charge on any atom is 0.269 e. The Morgan fingerprint density at radius 3 is 2.66 bits per heavy atom. The molecule has 0 unspecified atom stereocenters. The van der Waals surface area contributed by atoms with Gasteiger partial charge in [-0.1, -0.05) is 36.4 Å². The van der Waals surface area contributed by atoms with Gasteiger partial charge >= 0.3 is 0 Å². The number of carbonyl (C=O) groups is 1. The third kappa shape index (κ3) is 5.92. The molecule has 1 N–H and O–H groups in total. The number of ether oxygens (including phenoxy) is 1. The predicted molar refractivity (Wildman–Crippen MR) is 130 cm³/mol. The molecule has 3 aromatic rings. The van der Waals surface area contributed by atoms with Crippen LogP contribution in [0.3, 0.4) is 0 Å². The first kappa shape index (κ1) is 23.0. The lowest BCUT2D eigenvalue weighted by Crippen LogP contribution is -2.14. The zero-order valence-corrected chi connectivity index (χ0v) is 19.2. The number of halogens is 1. The fourth-order valence-electron chi connectivity index (χ4n) is 2.86. The number of aryl methyl sites for hydroxylation is 1. The Hall–Kier alpha value is -3.71. The Bertz CT molecular complexity index is 1250. The van der Waals surface area contributed by atoms with E-state index in [2.05, 4.69) is 27.9 Å². The van der Waals surface area contributed by atoms with E-state index in [-0.39, 0.29) is 17.9 Å². The third-order valence-electron chi connectivity index (χ3n) is 4.54. The smallest absolute Gasteiger partial charge is 0.269 e. The summed E-state index contributed by atoms with van der Waals surface area (Å²) < 4.78 is 6.56. The highest BCUT2D eigenvalue weighted by molar-refractivity contribution is 14.1. The maximum atomic E-state index is 12.5. The molecule has 0 spiro atoms. The summed E-state index contributed by atoms with van der Waals surface area (Å²) in [4.78, 5) is 23.0. The van der Waals surface area contributed by atoms with E-state index < -0.39 is 10.8 Å². The maximum absolute atomic E-state index is 12.5. The Morgan fingerprint density at radius 1 is 1.19 bits per heavy atom. The Morgan fingerprint density at radius 2 is 1.97 bits per heavy atom. The molecule has 0 fully saturated rings. The van der Waals surface area contributed by atoms with Crippen LogP contribution < -0.4 is 10.1 Å². The number of hydrogen-bond donors (Lipinski definition) is 1. The fourth-order valence-corrected chi connectivity index (χ4v) is 3.56. The lowest BCUT2D eigenvalue weighted by molar-refractivity contribution is -0.384. The summed E-state index contributed by atoms with van der Waals surface area (Å²) in [6, 6.07) is 20.8. The summed E-state index contributed by atoms with van der Waals surface area (Å²) in [5.41, 5.74) is 2.90. The number of rotatable bonds is 7. The summed E-state index contributed by atoms with van der Waals surface area (Å²) in [6.07, 6.45) is 1.51. The molecule has 0 aliphatic carbocycles. The van der Waals surface area contributed by atoms with Crippen molar-refractivity contribution < 1.29 is 14.5 Å². The van der Waals surface area contributed by atoms with E-state index in [1.807, 2.05) is 31.2 Å². The van der Waals surface area contributed by atoms with Gasteiger partial charge in [-0.05, 0) is 70.5 Å². The molecule has 1 amide bonds. The van der Waals surface area contributed by atoms with Crippen LogP contribution in [0.1, 0.15) is 16.7 Å². The minimum Gasteiger partial charge on any atom is -0.488 e. The van der Waals surface area contributed by atoms with Crippen LogP contribution in [0.2, 0.25) is 0 Å². The molecule has 3 aromatic carbocycles. The Labute approximate surface area is 198 Å². The minimum absolute atomic E-state index is 0.00860. The van der Waals surface area contributed by atoms with E-state index >= 15 is 0 Å². The van der Waals surface area contributed by atoms with Crippen molar-refractivity contribution in [1.29, 1.82) is 5.26 Å². The molecule has 3 rings (SSSR count). The van der Waals surface area contributed by atoms with Gasteiger partial charge < -0.3 is 10.1 Å². The van der Waals surface area contributed by atoms with Gasteiger partial charge in [0.15, 0.2) is 0 Å². The van der Waals surface area contributed by atoms with Crippen LogP contribution in [0.5, 0.6) is 5.75 Å². The number of nitro groups is 1. The average molecular weight is 539 g/mol. The van der Waals surface area contributed by atoms with E-state index in [9.17, 15) is 20.2 Å². The van der Waals surface area contributed by atoms with Gasteiger partial charge in [0.25, 0.3) is 11.6 Å². The van der Waals surface area contributed by atoms with Gasteiger partial charge in [-0.3, -0.25) is 14.9 Å². The number of nitro benzene ring substituents is 1. The number of hydrogen-bond acceptors (Lipinski definition) is 5. The van der Waals surface area contributed by atoms with Crippen LogP contribution >= 0.6 is 22.6 Å². The predicted octanol–water partition coefficient (Wildman–Crippen LogP) is 5.63. The van der Waals surface area contributed by atoms with Gasteiger partial charge in [0, 0.05) is 17.8 Å². The number of nitrogens with one attached hydrogen (secondary N) is 1. The van der Waals surface area contributed by atoms with Gasteiger partial charge in [-0.2, -0.15) is 5.26 Å². The number of amides is 1. The average Bonchev–Trinajstić information content (AvgIpc) is 2.78. The molecule has 160 valence electrons. The number of carbonyl (C=O) groups excluding carboxylic acids is 1. The Kier molecular flexibility index (Phi) is 7.57. The van der Waals surface area contributed by atoms with Crippen molar-refractivity contribution in [3.63, 3.8) is 0 Å². The van der Waals surface area contributed by atoms with Crippen LogP contribution in [-0.4, -0.2) is 10.8 Å². The molecule has 0 radical (unpaired) electrons. The molecule has 32 heavy (non-hydrogen) atoms. The summed E-state index contributed by atoms with van der Waals surface area (Å²) in [5.74, 6) is 0.111. The van der Waals surface area contributed by atoms with Crippen molar-refractivity contribution in [1.82, 2.24) is 0 Å². The van der Waals surface area contributed by atoms with Crippen LogP contribution in [-0.2, 0) is 11.4 Å². The van der Waals surface area contributed by atoms with Crippen LogP contribution in [0.15, 0.2) is 72.3 Å². The van der Waals surface area contributed by atoms with E-state index in [0.29, 0.717) is 22.6 Å². The standard InChI is InChI=1S/C24H18IN3O4/c1-16-5-2-3-8-22(16)27-24(29)19(14-26)11-17-9-10-23(21(25)13-17)32-15-18-6-4-7-20(12-18)28(30)31/h2-13H,15H2,1H3,(H,27,29)/b19-11-. The van der Waals surface area contributed by atoms with E-state index in [4.69, 9.17) is 4.74 Å². The number of para-hydroxylation sites is 1.